The van der Waals surface area contributed by atoms with Gasteiger partial charge in [0.05, 0.1) is 12.1 Å². The zero-order chi connectivity index (χ0) is 14.9. The Balaban J connectivity index is 2.03. The number of carbonyl (C=O) groups is 1. The molecule has 2 aliphatic rings. The van der Waals surface area contributed by atoms with E-state index >= 15 is 0 Å². The van der Waals surface area contributed by atoms with E-state index in [1.807, 2.05) is 0 Å². The zero-order valence-corrected chi connectivity index (χ0v) is 12.9. The van der Waals surface area contributed by atoms with Crippen LogP contribution < -0.4 is 0 Å². The fourth-order valence-corrected chi connectivity index (χ4v) is 3.53. The Bertz CT molecular complexity index is 346. The van der Waals surface area contributed by atoms with E-state index in [0.717, 1.165) is 38.8 Å². The third-order valence-corrected chi connectivity index (χ3v) is 4.84. The van der Waals surface area contributed by atoms with Crippen molar-refractivity contribution in [2.75, 3.05) is 19.6 Å². The molecule has 1 saturated heterocycles. The molecule has 2 fully saturated rings. The van der Waals surface area contributed by atoms with E-state index in [4.69, 9.17) is 0 Å². The molecule has 5 heteroatoms. The van der Waals surface area contributed by atoms with Crippen molar-refractivity contribution in [3.8, 4) is 0 Å². The maximum atomic E-state index is 11.4. The van der Waals surface area contributed by atoms with Crippen LogP contribution in [0.2, 0.25) is 0 Å². The van der Waals surface area contributed by atoms with Crippen molar-refractivity contribution in [1.29, 1.82) is 0 Å². The van der Waals surface area contributed by atoms with Gasteiger partial charge in [0, 0.05) is 25.7 Å². The van der Waals surface area contributed by atoms with Gasteiger partial charge in [-0.15, -0.1) is 0 Å². The molecule has 1 amide bonds. The average Bonchev–Trinajstić information content (AvgIpc) is 2.38. The molecule has 1 unspecified atom stereocenters. The average molecular weight is 284 g/mol. The predicted molar refractivity (Wildman–Crippen MR) is 77.8 cm³/mol. The van der Waals surface area contributed by atoms with Gasteiger partial charge < -0.3 is 15.1 Å². The summed E-state index contributed by atoms with van der Waals surface area (Å²) in [6, 6.07) is 0.555. The third-order valence-electron chi connectivity index (χ3n) is 4.84. The molecule has 1 saturated carbocycles. The van der Waals surface area contributed by atoms with E-state index in [-0.39, 0.29) is 17.6 Å². The van der Waals surface area contributed by atoms with Crippen LogP contribution in [0.25, 0.3) is 0 Å². The number of nitrogens with zero attached hydrogens (tertiary/aromatic N) is 2. The summed E-state index contributed by atoms with van der Waals surface area (Å²) < 4.78 is 0. The SMILES string of the molecule is CC(C)(C)C1CN(C2CCC(O)CC2)CCN1C(=O)O. The van der Waals surface area contributed by atoms with Crippen molar-refractivity contribution >= 4 is 6.09 Å². The lowest BCUT2D eigenvalue weighted by molar-refractivity contribution is -0.00981. The van der Waals surface area contributed by atoms with Crippen LogP contribution >= 0.6 is 0 Å². The number of aliphatic hydroxyl groups excluding tert-OH is 1. The van der Waals surface area contributed by atoms with Crippen molar-refractivity contribution in [3.05, 3.63) is 0 Å². The van der Waals surface area contributed by atoms with Gasteiger partial charge in [-0.05, 0) is 31.1 Å². The summed E-state index contributed by atoms with van der Waals surface area (Å²) in [5.41, 5.74) is -0.0504. The molecule has 0 aromatic carbocycles. The summed E-state index contributed by atoms with van der Waals surface area (Å²) in [7, 11) is 0. The van der Waals surface area contributed by atoms with Crippen molar-refractivity contribution < 1.29 is 15.0 Å². The highest BCUT2D eigenvalue weighted by molar-refractivity contribution is 5.65. The Hall–Kier alpha value is -0.810. The van der Waals surface area contributed by atoms with E-state index in [1.165, 1.54) is 0 Å². The number of hydrogen-bond acceptors (Lipinski definition) is 3. The van der Waals surface area contributed by atoms with Gasteiger partial charge in [-0.25, -0.2) is 4.79 Å². The molecule has 1 heterocycles. The first kappa shape index (κ1) is 15.6. The summed E-state index contributed by atoms with van der Waals surface area (Å²) in [6.07, 6.45) is 2.89. The number of carboxylic acid groups (broad SMARTS) is 1. The standard InChI is InChI=1S/C15H28N2O3/c1-15(2,3)13-10-16(8-9-17(13)14(19)20)11-4-6-12(18)7-5-11/h11-13,18H,4-10H2,1-3H3,(H,19,20). The lowest BCUT2D eigenvalue weighted by atomic mass is 9.83. The Morgan fingerprint density at radius 1 is 1.10 bits per heavy atom. The first-order chi connectivity index (χ1) is 9.29. The fraction of sp³-hybridized carbons (Fsp3) is 0.933. The molecule has 0 aromatic heterocycles. The summed E-state index contributed by atoms with van der Waals surface area (Å²) in [5.74, 6) is 0. The molecule has 1 aliphatic carbocycles. The lowest BCUT2D eigenvalue weighted by Gasteiger charge is -2.49. The Morgan fingerprint density at radius 2 is 1.70 bits per heavy atom. The van der Waals surface area contributed by atoms with Crippen LogP contribution in [0, 0.1) is 5.41 Å². The Kier molecular flexibility index (Phi) is 4.59. The van der Waals surface area contributed by atoms with Crippen LogP contribution in [0.1, 0.15) is 46.5 Å². The molecule has 20 heavy (non-hydrogen) atoms. The second kappa shape index (κ2) is 5.90. The molecule has 5 nitrogen and oxygen atoms in total. The van der Waals surface area contributed by atoms with Crippen LogP contribution in [-0.4, -0.2) is 63.9 Å². The molecule has 2 rings (SSSR count). The topological polar surface area (TPSA) is 64.0 Å². The predicted octanol–water partition coefficient (Wildman–Crippen LogP) is 2.00. The van der Waals surface area contributed by atoms with E-state index in [1.54, 1.807) is 4.90 Å². The molecule has 0 aromatic rings. The fourth-order valence-electron chi connectivity index (χ4n) is 3.53. The molecule has 1 aliphatic heterocycles. The zero-order valence-electron chi connectivity index (χ0n) is 12.9. The number of piperazine rings is 1. The molecule has 0 radical (unpaired) electrons. The molecule has 0 spiro atoms. The summed E-state index contributed by atoms with van der Waals surface area (Å²) in [4.78, 5) is 15.5. The number of rotatable bonds is 1. The van der Waals surface area contributed by atoms with Crippen LogP contribution in [-0.2, 0) is 0 Å². The highest BCUT2D eigenvalue weighted by Crippen LogP contribution is 2.31. The second-order valence-corrected chi connectivity index (χ2v) is 7.32. The van der Waals surface area contributed by atoms with Gasteiger partial charge in [0.25, 0.3) is 0 Å². The minimum Gasteiger partial charge on any atom is -0.465 e. The van der Waals surface area contributed by atoms with Gasteiger partial charge in [0.2, 0.25) is 0 Å². The molecular formula is C15H28N2O3. The van der Waals surface area contributed by atoms with Crippen LogP contribution in [0.5, 0.6) is 0 Å². The minimum atomic E-state index is -0.802. The van der Waals surface area contributed by atoms with Crippen molar-refractivity contribution in [2.24, 2.45) is 5.41 Å². The van der Waals surface area contributed by atoms with E-state index < -0.39 is 6.09 Å². The van der Waals surface area contributed by atoms with E-state index in [9.17, 15) is 15.0 Å². The summed E-state index contributed by atoms with van der Waals surface area (Å²) in [5, 5.41) is 19.0. The van der Waals surface area contributed by atoms with Crippen molar-refractivity contribution in [2.45, 2.75) is 64.6 Å². The monoisotopic (exact) mass is 284 g/mol. The van der Waals surface area contributed by atoms with Gasteiger partial charge >= 0.3 is 6.09 Å². The third kappa shape index (κ3) is 3.44. The number of hydrogen-bond donors (Lipinski definition) is 2. The van der Waals surface area contributed by atoms with Gasteiger partial charge in [-0.1, -0.05) is 20.8 Å². The van der Waals surface area contributed by atoms with Crippen LogP contribution in [0.15, 0.2) is 0 Å². The van der Waals surface area contributed by atoms with Gasteiger partial charge in [0.1, 0.15) is 0 Å². The quantitative estimate of drug-likeness (QED) is 0.773. The minimum absolute atomic E-state index is 0.0422. The summed E-state index contributed by atoms with van der Waals surface area (Å²) in [6.45, 7) is 8.57. The first-order valence-electron chi connectivity index (χ1n) is 7.70. The second-order valence-electron chi connectivity index (χ2n) is 7.32. The molecular weight excluding hydrogens is 256 g/mol. The first-order valence-corrected chi connectivity index (χ1v) is 7.70. The van der Waals surface area contributed by atoms with E-state index in [2.05, 4.69) is 25.7 Å². The highest BCUT2D eigenvalue weighted by Gasteiger charge is 2.40. The largest absolute Gasteiger partial charge is 0.465 e. The van der Waals surface area contributed by atoms with Gasteiger partial charge in [-0.2, -0.15) is 0 Å². The summed E-state index contributed by atoms with van der Waals surface area (Å²) >= 11 is 0. The lowest BCUT2D eigenvalue weighted by Crippen LogP contribution is -2.61. The molecule has 116 valence electrons. The van der Waals surface area contributed by atoms with Gasteiger partial charge in [-0.3, -0.25) is 4.90 Å². The maximum absolute atomic E-state index is 11.4. The van der Waals surface area contributed by atoms with Crippen LogP contribution in [0.4, 0.5) is 4.79 Å². The normalized spacial score (nSPS) is 33.2. The molecule has 2 N–H and O–H groups in total. The number of amides is 1. The van der Waals surface area contributed by atoms with Crippen molar-refractivity contribution in [3.63, 3.8) is 0 Å². The van der Waals surface area contributed by atoms with E-state index in [0.29, 0.717) is 12.6 Å². The van der Waals surface area contributed by atoms with Gasteiger partial charge in [0.15, 0.2) is 0 Å². The van der Waals surface area contributed by atoms with Crippen LogP contribution in [0.3, 0.4) is 0 Å². The molecule has 0 bridgehead atoms. The Morgan fingerprint density at radius 3 is 2.20 bits per heavy atom. The molecule has 1 atom stereocenters. The van der Waals surface area contributed by atoms with Crippen molar-refractivity contribution in [1.82, 2.24) is 9.80 Å². The highest BCUT2D eigenvalue weighted by atomic mass is 16.4. The number of aliphatic hydroxyl groups is 1. The Labute approximate surface area is 121 Å². The smallest absolute Gasteiger partial charge is 0.407 e. The maximum Gasteiger partial charge on any atom is 0.407 e.